The van der Waals surface area contributed by atoms with Gasteiger partial charge < -0.3 is 0 Å². The molecule has 21 heavy (non-hydrogen) atoms. The summed E-state index contributed by atoms with van der Waals surface area (Å²) in [5.74, 6) is -0.769. The van der Waals surface area contributed by atoms with Gasteiger partial charge in [0.05, 0.1) is 10.5 Å². The van der Waals surface area contributed by atoms with Crippen LogP contribution in [-0.2, 0) is 15.2 Å². The number of hydrogen-bond acceptors (Lipinski definition) is 2. The van der Waals surface area contributed by atoms with E-state index in [1.54, 1.807) is 0 Å². The van der Waals surface area contributed by atoms with Crippen molar-refractivity contribution in [3.63, 3.8) is 0 Å². The van der Waals surface area contributed by atoms with E-state index in [1.807, 2.05) is 0 Å². The van der Waals surface area contributed by atoms with E-state index < -0.39 is 31.5 Å². The van der Waals surface area contributed by atoms with Gasteiger partial charge in [-0.2, -0.15) is 13.2 Å². The smallest absolute Gasteiger partial charge is 0.207 e. The number of hydrogen-bond donors (Lipinski definition) is 0. The van der Waals surface area contributed by atoms with Crippen molar-refractivity contribution in [1.29, 1.82) is 0 Å². The van der Waals surface area contributed by atoms with Gasteiger partial charge in [0, 0.05) is 16.2 Å². The fourth-order valence-corrected chi connectivity index (χ4v) is 2.56. The zero-order valence-electron chi connectivity index (χ0n) is 10.2. The Morgan fingerprint density at radius 1 is 1.00 bits per heavy atom. The lowest BCUT2D eigenvalue weighted by Crippen LogP contribution is -2.07. The lowest BCUT2D eigenvalue weighted by molar-refractivity contribution is -0.137. The first-order valence-electron chi connectivity index (χ1n) is 5.51. The number of benzene rings is 2. The van der Waals surface area contributed by atoms with Crippen LogP contribution in [-0.4, -0.2) is 8.42 Å². The molecular formula is C13H7ClF4O2S. The van der Waals surface area contributed by atoms with Gasteiger partial charge >= 0.3 is 6.18 Å². The summed E-state index contributed by atoms with van der Waals surface area (Å²) in [7, 11) is 0.712. The van der Waals surface area contributed by atoms with Crippen LogP contribution in [0, 0.1) is 5.82 Å². The lowest BCUT2D eigenvalue weighted by Gasteiger charge is -2.11. The minimum absolute atomic E-state index is 0.148. The fraction of sp³-hybridized carbons (Fsp3) is 0.0769. The number of halogens is 5. The van der Waals surface area contributed by atoms with Crippen molar-refractivity contribution in [3.8, 4) is 11.1 Å². The van der Waals surface area contributed by atoms with Gasteiger partial charge in [0.25, 0.3) is 9.05 Å². The maximum atomic E-state index is 13.7. The van der Waals surface area contributed by atoms with E-state index in [4.69, 9.17) is 10.7 Å². The van der Waals surface area contributed by atoms with E-state index >= 15 is 0 Å². The maximum absolute atomic E-state index is 13.7. The monoisotopic (exact) mass is 338 g/mol. The van der Waals surface area contributed by atoms with Crippen molar-refractivity contribution in [2.45, 2.75) is 11.1 Å². The maximum Gasteiger partial charge on any atom is 0.416 e. The zero-order valence-corrected chi connectivity index (χ0v) is 11.7. The van der Waals surface area contributed by atoms with Gasteiger partial charge in [-0.3, -0.25) is 0 Å². The molecule has 0 heterocycles. The third-order valence-electron chi connectivity index (χ3n) is 2.70. The van der Waals surface area contributed by atoms with Crippen LogP contribution in [0.15, 0.2) is 47.4 Å². The summed E-state index contributed by atoms with van der Waals surface area (Å²) in [6.07, 6.45) is -4.78. The Labute approximate surface area is 122 Å². The number of rotatable bonds is 2. The zero-order chi connectivity index (χ0) is 15.8. The molecule has 0 amide bonds. The standard InChI is InChI=1S/C13H7ClF4O2S/c14-21(19,20)10-6-8(5-9(7-10)13(16,17)18)11-3-1-2-4-12(11)15/h1-7H. The molecule has 0 aliphatic rings. The van der Waals surface area contributed by atoms with E-state index in [0.29, 0.717) is 12.1 Å². The molecule has 0 atom stereocenters. The largest absolute Gasteiger partial charge is 0.416 e. The molecule has 0 radical (unpaired) electrons. The van der Waals surface area contributed by atoms with Crippen molar-refractivity contribution in [1.82, 2.24) is 0 Å². The van der Waals surface area contributed by atoms with Crippen LogP contribution < -0.4 is 0 Å². The van der Waals surface area contributed by atoms with Gasteiger partial charge in [-0.05, 0) is 29.8 Å². The van der Waals surface area contributed by atoms with E-state index in [-0.39, 0.29) is 11.1 Å². The van der Waals surface area contributed by atoms with E-state index in [1.165, 1.54) is 18.2 Å². The van der Waals surface area contributed by atoms with E-state index in [0.717, 1.165) is 12.1 Å². The molecule has 0 aromatic heterocycles. The minimum Gasteiger partial charge on any atom is -0.207 e. The van der Waals surface area contributed by atoms with Crippen molar-refractivity contribution >= 4 is 19.7 Å². The normalized spacial score (nSPS) is 12.4. The third-order valence-corrected chi connectivity index (χ3v) is 4.03. The molecule has 2 rings (SSSR count). The highest BCUT2D eigenvalue weighted by Gasteiger charge is 2.32. The highest BCUT2D eigenvalue weighted by molar-refractivity contribution is 8.13. The molecule has 2 aromatic carbocycles. The molecule has 0 unspecified atom stereocenters. The Bertz CT molecular complexity index is 785. The summed E-state index contributed by atoms with van der Waals surface area (Å²) in [4.78, 5) is -0.739. The Kier molecular flexibility index (Phi) is 3.99. The van der Waals surface area contributed by atoms with Gasteiger partial charge in [-0.15, -0.1) is 0 Å². The molecule has 0 saturated carbocycles. The molecule has 0 bridgehead atoms. The quantitative estimate of drug-likeness (QED) is 0.599. The van der Waals surface area contributed by atoms with Gasteiger partial charge in [0.2, 0.25) is 0 Å². The van der Waals surface area contributed by atoms with Crippen molar-refractivity contribution < 1.29 is 26.0 Å². The average Bonchev–Trinajstić information content (AvgIpc) is 2.36. The Balaban J connectivity index is 2.76. The predicted molar refractivity (Wildman–Crippen MR) is 69.9 cm³/mol. The summed E-state index contributed by atoms with van der Waals surface area (Å²) >= 11 is 0. The summed E-state index contributed by atoms with van der Waals surface area (Å²) in [6, 6.07) is 7.08. The van der Waals surface area contributed by atoms with Gasteiger partial charge in [-0.1, -0.05) is 18.2 Å². The molecule has 112 valence electrons. The first-order chi connectivity index (χ1) is 9.59. The van der Waals surface area contributed by atoms with Crippen LogP contribution in [0.5, 0.6) is 0 Å². The molecular weight excluding hydrogens is 332 g/mol. The third kappa shape index (κ3) is 3.54. The SMILES string of the molecule is O=S(=O)(Cl)c1cc(-c2ccccc2F)cc(C(F)(F)F)c1. The first-order valence-corrected chi connectivity index (χ1v) is 7.82. The van der Waals surface area contributed by atoms with Gasteiger partial charge in [0.15, 0.2) is 0 Å². The van der Waals surface area contributed by atoms with Crippen LogP contribution in [0.3, 0.4) is 0 Å². The summed E-state index contributed by atoms with van der Waals surface area (Å²) < 4.78 is 74.7. The van der Waals surface area contributed by atoms with Crippen LogP contribution in [0.1, 0.15) is 5.56 Å². The molecule has 0 fully saturated rings. The molecule has 0 N–H and O–H groups in total. The van der Waals surface area contributed by atoms with Gasteiger partial charge in [-0.25, -0.2) is 12.8 Å². The molecule has 0 saturated heterocycles. The lowest BCUT2D eigenvalue weighted by atomic mass is 10.0. The fourth-order valence-electron chi connectivity index (χ4n) is 1.75. The summed E-state index contributed by atoms with van der Waals surface area (Å²) in [5, 5.41) is 0. The van der Waals surface area contributed by atoms with Crippen molar-refractivity contribution in [3.05, 3.63) is 53.8 Å². The van der Waals surface area contributed by atoms with Crippen LogP contribution >= 0.6 is 10.7 Å². The molecule has 0 spiro atoms. The highest BCUT2D eigenvalue weighted by atomic mass is 35.7. The van der Waals surface area contributed by atoms with E-state index in [9.17, 15) is 26.0 Å². The predicted octanol–water partition coefficient (Wildman–Crippen LogP) is 4.44. The van der Waals surface area contributed by atoms with Crippen LogP contribution in [0.25, 0.3) is 11.1 Å². The highest BCUT2D eigenvalue weighted by Crippen LogP contribution is 2.35. The van der Waals surface area contributed by atoms with Crippen molar-refractivity contribution in [2.75, 3.05) is 0 Å². The molecule has 2 nitrogen and oxygen atoms in total. The molecule has 8 heteroatoms. The molecule has 2 aromatic rings. The van der Waals surface area contributed by atoms with Crippen LogP contribution in [0.2, 0.25) is 0 Å². The Hall–Kier alpha value is -1.60. The second-order valence-electron chi connectivity index (χ2n) is 4.16. The average molecular weight is 339 g/mol. The topological polar surface area (TPSA) is 34.1 Å². The molecule has 0 aliphatic carbocycles. The van der Waals surface area contributed by atoms with Crippen molar-refractivity contribution in [2.24, 2.45) is 0 Å². The van der Waals surface area contributed by atoms with E-state index in [2.05, 4.69) is 0 Å². The summed E-state index contributed by atoms with van der Waals surface area (Å²) in [6.45, 7) is 0. The second kappa shape index (κ2) is 5.31. The Morgan fingerprint density at radius 2 is 1.62 bits per heavy atom. The molecule has 0 aliphatic heterocycles. The second-order valence-corrected chi connectivity index (χ2v) is 6.73. The first kappa shape index (κ1) is 15.8. The van der Waals surface area contributed by atoms with Gasteiger partial charge in [0.1, 0.15) is 5.82 Å². The Morgan fingerprint density at radius 3 is 2.14 bits per heavy atom. The number of alkyl halides is 3. The minimum atomic E-state index is -4.78. The van der Waals surface area contributed by atoms with Crippen LogP contribution in [0.4, 0.5) is 17.6 Å². The summed E-state index contributed by atoms with van der Waals surface area (Å²) in [5.41, 5.74) is -1.59.